The van der Waals surface area contributed by atoms with Gasteiger partial charge in [-0.1, -0.05) is 13.0 Å². The third-order valence-corrected chi connectivity index (χ3v) is 3.11. The molecule has 0 amide bonds. The molecular weight excluding hydrogens is 174 g/mol. The smallest absolute Gasteiger partial charge is 0.133 e. The summed E-state index contributed by atoms with van der Waals surface area (Å²) in [7, 11) is 0. The molecule has 0 N–H and O–H groups in total. The first-order valence-electron chi connectivity index (χ1n) is 5.04. The van der Waals surface area contributed by atoms with E-state index in [-0.39, 0.29) is 5.41 Å². The van der Waals surface area contributed by atoms with E-state index in [1.807, 2.05) is 19.3 Å². The van der Waals surface area contributed by atoms with Crippen molar-refractivity contribution in [3.8, 4) is 0 Å². The van der Waals surface area contributed by atoms with E-state index in [1.54, 1.807) is 0 Å². The van der Waals surface area contributed by atoms with Crippen LogP contribution in [0.2, 0.25) is 0 Å². The lowest BCUT2D eigenvalue weighted by atomic mass is 9.81. The summed E-state index contributed by atoms with van der Waals surface area (Å²) in [6.07, 6.45) is 6.12. The van der Waals surface area contributed by atoms with Crippen LogP contribution in [0.1, 0.15) is 37.3 Å². The average Bonchev–Trinajstić information content (AvgIpc) is 2.48. The average molecular weight is 189 g/mol. The molecule has 1 unspecified atom stereocenters. The number of carbonyl (C=O) groups is 1. The molecule has 1 aromatic heterocycles. The fourth-order valence-corrected chi connectivity index (χ4v) is 2.16. The monoisotopic (exact) mass is 189 g/mol. The number of pyridine rings is 1. The van der Waals surface area contributed by atoms with Crippen LogP contribution in [0, 0.1) is 6.92 Å². The largest absolute Gasteiger partial charge is 0.300 e. The molecule has 1 atom stereocenters. The van der Waals surface area contributed by atoms with E-state index in [2.05, 4.69) is 18.0 Å². The molecule has 1 aliphatic rings. The molecule has 0 bridgehead atoms. The van der Waals surface area contributed by atoms with E-state index in [0.29, 0.717) is 12.2 Å². The Morgan fingerprint density at radius 3 is 2.79 bits per heavy atom. The second kappa shape index (κ2) is 3.19. The Bertz CT molecular complexity index is 372. The van der Waals surface area contributed by atoms with Gasteiger partial charge in [0.05, 0.1) is 0 Å². The molecule has 2 rings (SSSR count). The molecule has 0 spiro atoms. The van der Waals surface area contributed by atoms with E-state index in [4.69, 9.17) is 0 Å². The molecule has 1 aromatic rings. The fraction of sp³-hybridized carbons (Fsp3) is 0.500. The van der Waals surface area contributed by atoms with Crippen molar-refractivity contribution >= 4 is 5.78 Å². The van der Waals surface area contributed by atoms with Crippen LogP contribution in [-0.4, -0.2) is 10.8 Å². The third kappa shape index (κ3) is 1.57. The molecule has 2 heteroatoms. The van der Waals surface area contributed by atoms with Crippen molar-refractivity contribution in [3.63, 3.8) is 0 Å². The van der Waals surface area contributed by atoms with E-state index in [9.17, 15) is 4.79 Å². The van der Waals surface area contributed by atoms with Gasteiger partial charge in [0.25, 0.3) is 0 Å². The summed E-state index contributed by atoms with van der Waals surface area (Å²) in [6.45, 7) is 4.20. The van der Waals surface area contributed by atoms with Crippen LogP contribution in [-0.2, 0) is 10.2 Å². The van der Waals surface area contributed by atoms with Crippen molar-refractivity contribution in [2.24, 2.45) is 0 Å². The lowest BCUT2D eigenvalue weighted by Crippen LogP contribution is -2.18. The summed E-state index contributed by atoms with van der Waals surface area (Å²) in [5, 5.41) is 0. The van der Waals surface area contributed by atoms with Crippen LogP contribution in [0.5, 0.6) is 0 Å². The molecule has 1 aliphatic carbocycles. The van der Waals surface area contributed by atoms with Gasteiger partial charge >= 0.3 is 0 Å². The Kier molecular flexibility index (Phi) is 2.14. The number of nitrogens with zero attached hydrogens (tertiary/aromatic N) is 1. The van der Waals surface area contributed by atoms with Gasteiger partial charge in [-0.15, -0.1) is 0 Å². The maximum atomic E-state index is 11.3. The van der Waals surface area contributed by atoms with Gasteiger partial charge in [-0.2, -0.15) is 0 Å². The lowest BCUT2D eigenvalue weighted by molar-refractivity contribution is -0.117. The van der Waals surface area contributed by atoms with Gasteiger partial charge in [0.2, 0.25) is 0 Å². The van der Waals surface area contributed by atoms with Gasteiger partial charge in [-0.25, -0.2) is 0 Å². The van der Waals surface area contributed by atoms with Crippen LogP contribution in [0.25, 0.3) is 0 Å². The highest BCUT2D eigenvalue weighted by Gasteiger charge is 2.35. The minimum absolute atomic E-state index is 0.0378. The molecule has 74 valence electrons. The molecule has 0 aromatic carbocycles. The van der Waals surface area contributed by atoms with Crippen LogP contribution in [0.15, 0.2) is 18.5 Å². The van der Waals surface area contributed by atoms with Crippen molar-refractivity contribution in [2.75, 3.05) is 0 Å². The van der Waals surface area contributed by atoms with E-state index in [0.717, 1.165) is 12.8 Å². The normalized spacial score (nSPS) is 26.9. The first-order valence-corrected chi connectivity index (χ1v) is 5.04. The Morgan fingerprint density at radius 1 is 1.43 bits per heavy atom. The number of Topliss-reactive ketones (excluding diaryl/α,β-unsaturated/α-hetero) is 1. The minimum Gasteiger partial charge on any atom is -0.300 e. The zero-order valence-corrected chi connectivity index (χ0v) is 8.71. The van der Waals surface area contributed by atoms with Crippen LogP contribution >= 0.6 is 0 Å². The predicted molar refractivity (Wildman–Crippen MR) is 55.2 cm³/mol. The van der Waals surface area contributed by atoms with Crippen LogP contribution < -0.4 is 0 Å². The molecule has 1 saturated carbocycles. The molecule has 1 heterocycles. The Labute approximate surface area is 84.4 Å². The second-order valence-corrected chi connectivity index (χ2v) is 4.53. The predicted octanol–water partition coefficient (Wildman–Crippen LogP) is 2.40. The zero-order valence-electron chi connectivity index (χ0n) is 8.71. The number of carbonyl (C=O) groups excluding carboxylic acids is 1. The summed E-state index contributed by atoms with van der Waals surface area (Å²) in [5.74, 6) is 0.383. The number of aryl methyl sites for hydroxylation is 1. The number of rotatable bonds is 1. The van der Waals surface area contributed by atoms with E-state index < -0.39 is 0 Å². The summed E-state index contributed by atoms with van der Waals surface area (Å²) < 4.78 is 0. The Hall–Kier alpha value is -1.18. The minimum atomic E-state index is 0.0378. The maximum Gasteiger partial charge on any atom is 0.133 e. The van der Waals surface area contributed by atoms with Gasteiger partial charge in [0.15, 0.2) is 0 Å². The van der Waals surface area contributed by atoms with Crippen molar-refractivity contribution in [1.82, 2.24) is 4.98 Å². The quantitative estimate of drug-likeness (QED) is 0.679. The highest BCUT2D eigenvalue weighted by molar-refractivity contribution is 5.82. The Morgan fingerprint density at radius 2 is 2.21 bits per heavy atom. The van der Waals surface area contributed by atoms with Gasteiger partial charge in [0, 0.05) is 30.7 Å². The molecule has 14 heavy (non-hydrogen) atoms. The van der Waals surface area contributed by atoms with E-state index >= 15 is 0 Å². The van der Waals surface area contributed by atoms with Crippen molar-refractivity contribution < 1.29 is 4.79 Å². The van der Waals surface area contributed by atoms with Gasteiger partial charge in [0.1, 0.15) is 5.78 Å². The number of hydrogen-bond donors (Lipinski definition) is 0. The van der Waals surface area contributed by atoms with Gasteiger partial charge in [-0.05, 0) is 24.5 Å². The van der Waals surface area contributed by atoms with Crippen LogP contribution in [0.4, 0.5) is 0 Å². The van der Waals surface area contributed by atoms with Gasteiger partial charge in [-0.3, -0.25) is 9.78 Å². The van der Waals surface area contributed by atoms with Crippen molar-refractivity contribution in [1.29, 1.82) is 0 Å². The first kappa shape index (κ1) is 9.38. The molecule has 2 nitrogen and oxygen atoms in total. The van der Waals surface area contributed by atoms with Gasteiger partial charge < -0.3 is 0 Å². The third-order valence-electron chi connectivity index (χ3n) is 3.11. The summed E-state index contributed by atoms with van der Waals surface area (Å²) in [5.41, 5.74) is 2.42. The highest BCUT2D eigenvalue weighted by atomic mass is 16.1. The van der Waals surface area contributed by atoms with Crippen molar-refractivity contribution in [3.05, 3.63) is 29.6 Å². The maximum absolute atomic E-state index is 11.3. The van der Waals surface area contributed by atoms with E-state index in [1.165, 1.54) is 11.1 Å². The fourth-order valence-electron chi connectivity index (χ4n) is 2.16. The number of ketones is 1. The summed E-state index contributed by atoms with van der Waals surface area (Å²) in [6, 6.07) is 2.14. The first-order chi connectivity index (χ1) is 6.60. The lowest BCUT2D eigenvalue weighted by Gasteiger charge is -2.22. The zero-order chi connectivity index (χ0) is 10.2. The SMILES string of the molecule is Cc1cncc(C2(C)CCC(=O)C2)c1. The topological polar surface area (TPSA) is 30.0 Å². The number of hydrogen-bond acceptors (Lipinski definition) is 2. The summed E-state index contributed by atoms with van der Waals surface area (Å²) >= 11 is 0. The molecule has 0 radical (unpaired) electrons. The molecule has 1 fully saturated rings. The second-order valence-electron chi connectivity index (χ2n) is 4.53. The summed E-state index contributed by atoms with van der Waals surface area (Å²) in [4.78, 5) is 15.5. The standard InChI is InChI=1S/C12H15NO/c1-9-5-10(8-13-7-9)12(2)4-3-11(14)6-12/h5,7-8H,3-4,6H2,1-2H3. The molecule has 0 saturated heterocycles. The number of aromatic nitrogens is 1. The van der Waals surface area contributed by atoms with Crippen LogP contribution in [0.3, 0.4) is 0 Å². The Balaban J connectivity index is 2.34. The van der Waals surface area contributed by atoms with Crippen molar-refractivity contribution in [2.45, 2.75) is 38.5 Å². The highest BCUT2D eigenvalue weighted by Crippen LogP contribution is 2.38. The molecular formula is C12H15NO. The molecule has 0 aliphatic heterocycles.